The Morgan fingerprint density at radius 3 is 2.41 bits per heavy atom. The normalized spacial score (nSPS) is 15.6. The van der Waals surface area contributed by atoms with E-state index >= 15 is 0 Å². The molecule has 0 atom stereocenters. The lowest BCUT2D eigenvalue weighted by Gasteiger charge is -2.12. The van der Waals surface area contributed by atoms with Crippen LogP contribution in [0.3, 0.4) is 0 Å². The van der Waals surface area contributed by atoms with Crippen LogP contribution in [0.25, 0.3) is 0 Å². The third-order valence-electron chi connectivity index (χ3n) is 3.59. The quantitative estimate of drug-likeness (QED) is 0.656. The lowest BCUT2D eigenvalue weighted by Crippen LogP contribution is -2.30. The van der Waals surface area contributed by atoms with E-state index in [0.29, 0.717) is 27.5 Å². The van der Waals surface area contributed by atoms with Gasteiger partial charge in [-0.2, -0.15) is 13.2 Å². The Morgan fingerprint density at radius 1 is 1.04 bits per heavy atom. The van der Waals surface area contributed by atoms with E-state index in [1.807, 2.05) is 0 Å². The Morgan fingerprint density at radius 2 is 1.74 bits per heavy atom. The molecule has 0 bridgehead atoms. The fourth-order valence-electron chi connectivity index (χ4n) is 2.44. The molecular formula is C17H12Cl3F3N4. The molecule has 2 aromatic rings. The van der Waals surface area contributed by atoms with Gasteiger partial charge in [-0.05, 0) is 42.0 Å². The van der Waals surface area contributed by atoms with E-state index in [9.17, 15) is 13.2 Å². The number of halogens is 6. The zero-order chi connectivity index (χ0) is 19.6. The molecule has 0 radical (unpaired) electrons. The second kappa shape index (κ2) is 7.96. The van der Waals surface area contributed by atoms with Crippen molar-refractivity contribution in [1.82, 2.24) is 5.32 Å². The minimum atomic E-state index is -4.47. The molecule has 0 fully saturated rings. The van der Waals surface area contributed by atoms with Crippen LogP contribution < -0.4 is 10.6 Å². The second-order valence-corrected chi connectivity index (χ2v) is 6.94. The number of anilines is 1. The van der Waals surface area contributed by atoms with E-state index in [-0.39, 0.29) is 23.7 Å². The van der Waals surface area contributed by atoms with Gasteiger partial charge in [0.2, 0.25) is 5.96 Å². The predicted molar refractivity (Wildman–Crippen MR) is 103 cm³/mol. The molecule has 0 aromatic heterocycles. The van der Waals surface area contributed by atoms with Crippen LogP contribution in [0.5, 0.6) is 0 Å². The topological polar surface area (TPSA) is 48.8 Å². The molecule has 3 rings (SSSR count). The first kappa shape index (κ1) is 19.8. The van der Waals surface area contributed by atoms with Gasteiger partial charge in [-0.15, -0.1) is 0 Å². The van der Waals surface area contributed by atoms with Gasteiger partial charge in [-0.3, -0.25) is 4.99 Å². The number of rotatable bonds is 3. The molecule has 1 aliphatic rings. The highest BCUT2D eigenvalue weighted by molar-refractivity contribution is 6.35. The summed E-state index contributed by atoms with van der Waals surface area (Å²) in [6, 6.07) is 8.33. The maximum absolute atomic E-state index is 13.1. The van der Waals surface area contributed by atoms with Crippen LogP contribution in [0.2, 0.25) is 15.1 Å². The second-order valence-electron chi connectivity index (χ2n) is 5.64. The van der Waals surface area contributed by atoms with Gasteiger partial charge in [0.15, 0.2) is 0 Å². The lowest BCUT2D eigenvalue weighted by molar-refractivity contribution is -0.138. The maximum Gasteiger partial charge on any atom is 0.416 e. The first-order valence-electron chi connectivity index (χ1n) is 7.64. The van der Waals surface area contributed by atoms with Gasteiger partial charge >= 0.3 is 6.18 Å². The zero-order valence-corrected chi connectivity index (χ0v) is 15.8. The third kappa shape index (κ3) is 5.28. The summed E-state index contributed by atoms with van der Waals surface area (Å²) >= 11 is 17.7. The highest BCUT2D eigenvalue weighted by Gasteiger charge is 2.33. The average molecular weight is 436 g/mol. The van der Waals surface area contributed by atoms with Gasteiger partial charge in [0.1, 0.15) is 12.4 Å². The first-order chi connectivity index (χ1) is 12.7. The van der Waals surface area contributed by atoms with Crippen LogP contribution in [-0.4, -0.2) is 18.3 Å². The summed E-state index contributed by atoms with van der Waals surface area (Å²) < 4.78 is 39.3. The molecule has 2 N–H and O–H groups in total. The van der Waals surface area contributed by atoms with Crippen molar-refractivity contribution in [2.45, 2.75) is 12.7 Å². The predicted octanol–water partition coefficient (Wildman–Crippen LogP) is 5.64. The summed E-state index contributed by atoms with van der Waals surface area (Å²) in [4.78, 5) is 8.38. The van der Waals surface area contributed by atoms with Crippen molar-refractivity contribution in [3.63, 3.8) is 0 Å². The Labute approximate surface area is 168 Å². The van der Waals surface area contributed by atoms with Crippen molar-refractivity contribution in [2.75, 3.05) is 11.9 Å². The Balaban J connectivity index is 1.68. The van der Waals surface area contributed by atoms with Crippen molar-refractivity contribution in [1.29, 1.82) is 0 Å². The number of hydrogen-bond donors (Lipinski definition) is 2. The van der Waals surface area contributed by atoms with Crippen LogP contribution >= 0.6 is 34.8 Å². The van der Waals surface area contributed by atoms with Crippen LogP contribution in [0.1, 0.15) is 11.1 Å². The molecule has 1 heterocycles. The zero-order valence-electron chi connectivity index (χ0n) is 13.5. The summed E-state index contributed by atoms with van der Waals surface area (Å²) in [6.07, 6.45) is -4.47. The minimum Gasteiger partial charge on any atom is -0.326 e. The Bertz CT molecular complexity index is 906. The summed E-state index contributed by atoms with van der Waals surface area (Å²) in [6.45, 7) is 0.0298. The minimum absolute atomic E-state index is 0.00710. The molecule has 2 aromatic carbocycles. The molecule has 1 aliphatic heterocycles. The number of hydrogen-bond acceptors (Lipinski definition) is 3. The fourth-order valence-corrected chi connectivity index (χ4v) is 3.16. The first-order valence-corrected chi connectivity index (χ1v) is 8.77. The molecule has 0 aliphatic carbocycles. The SMILES string of the molecule is FC(F)(F)c1ccc(Cl)cc1CN=C1CN=C(Nc2cc(Cl)cc(Cl)c2)N1. The average Bonchev–Trinajstić information content (AvgIpc) is 2.98. The molecule has 10 heteroatoms. The number of nitrogens with one attached hydrogen (secondary N) is 2. The van der Waals surface area contributed by atoms with E-state index in [0.717, 1.165) is 6.07 Å². The van der Waals surface area contributed by atoms with Gasteiger partial charge in [0.25, 0.3) is 0 Å². The summed E-state index contributed by atoms with van der Waals surface area (Å²) in [5.74, 6) is 0.827. The Hall–Kier alpha value is -1.96. The van der Waals surface area contributed by atoms with Gasteiger partial charge in [0.05, 0.1) is 12.1 Å². The largest absolute Gasteiger partial charge is 0.416 e. The molecule has 0 saturated heterocycles. The van der Waals surface area contributed by atoms with Crippen LogP contribution in [-0.2, 0) is 12.7 Å². The molecular weight excluding hydrogens is 424 g/mol. The fraction of sp³-hybridized carbons (Fsp3) is 0.176. The molecule has 4 nitrogen and oxygen atoms in total. The highest BCUT2D eigenvalue weighted by Crippen LogP contribution is 2.33. The summed E-state index contributed by atoms with van der Waals surface area (Å²) in [5, 5.41) is 7.02. The van der Waals surface area contributed by atoms with E-state index in [1.54, 1.807) is 18.2 Å². The standard InChI is InChI=1S/C17H12Cl3F3N4/c18-10-1-2-14(17(21,22)23)9(3-10)7-24-15-8-25-16(27-15)26-13-5-11(19)4-12(20)6-13/h1-6H,7-8H2,(H2,24,25,26,27). The van der Waals surface area contributed by atoms with Gasteiger partial charge < -0.3 is 10.6 Å². The third-order valence-corrected chi connectivity index (χ3v) is 4.26. The van der Waals surface area contributed by atoms with E-state index < -0.39 is 11.7 Å². The lowest BCUT2D eigenvalue weighted by atomic mass is 10.1. The number of benzene rings is 2. The number of aliphatic imine (C=N–C) groups is 2. The van der Waals surface area contributed by atoms with E-state index in [2.05, 4.69) is 20.6 Å². The number of guanidine groups is 1. The smallest absolute Gasteiger partial charge is 0.326 e. The molecule has 27 heavy (non-hydrogen) atoms. The number of amidine groups is 1. The van der Waals surface area contributed by atoms with Crippen molar-refractivity contribution < 1.29 is 13.2 Å². The van der Waals surface area contributed by atoms with Crippen LogP contribution in [0, 0.1) is 0 Å². The van der Waals surface area contributed by atoms with E-state index in [1.165, 1.54) is 12.1 Å². The summed E-state index contributed by atoms with van der Waals surface area (Å²) in [5.41, 5.74) is -0.149. The van der Waals surface area contributed by atoms with Crippen LogP contribution in [0.15, 0.2) is 46.4 Å². The van der Waals surface area contributed by atoms with Crippen molar-refractivity contribution in [3.05, 3.63) is 62.6 Å². The van der Waals surface area contributed by atoms with Crippen molar-refractivity contribution >= 4 is 52.3 Å². The van der Waals surface area contributed by atoms with Gasteiger partial charge in [-0.1, -0.05) is 34.8 Å². The monoisotopic (exact) mass is 434 g/mol. The highest BCUT2D eigenvalue weighted by atomic mass is 35.5. The number of nitrogens with zero attached hydrogens (tertiary/aromatic N) is 2. The Kier molecular flexibility index (Phi) is 5.83. The van der Waals surface area contributed by atoms with Crippen molar-refractivity contribution in [2.24, 2.45) is 9.98 Å². The number of alkyl halides is 3. The van der Waals surface area contributed by atoms with Gasteiger partial charge in [0, 0.05) is 20.8 Å². The maximum atomic E-state index is 13.1. The summed E-state index contributed by atoms with van der Waals surface area (Å²) in [7, 11) is 0. The molecule has 0 spiro atoms. The molecule has 0 amide bonds. The molecule has 142 valence electrons. The van der Waals surface area contributed by atoms with E-state index in [4.69, 9.17) is 34.8 Å². The van der Waals surface area contributed by atoms with Crippen molar-refractivity contribution in [3.8, 4) is 0 Å². The molecule has 0 unspecified atom stereocenters. The molecule has 0 saturated carbocycles. The van der Waals surface area contributed by atoms with Gasteiger partial charge in [-0.25, -0.2) is 4.99 Å². The van der Waals surface area contributed by atoms with Crippen LogP contribution in [0.4, 0.5) is 18.9 Å².